The van der Waals surface area contributed by atoms with Gasteiger partial charge in [0.2, 0.25) is 0 Å². The topological polar surface area (TPSA) is 51.2 Å². The minimum atomic E-state index is -0.00704. The maximum atomic E-state index is 12.2. The van der Waals surface area contributed by atoms with Crippen molar-refractivity contribution in [2.75, 3.05) is 19.8 Å². The van der Waals surface area contributed by atoms with Crippen molar-refractivity contribution in [3.8, 4) is 0 Å². The third kappa shape index (κ3) is 9.34. The molecule has 152 valence electrons. The van der Waals surface area contributed by atoms with Crippen LogP contribution in [-0.4, -0.2) is 30.6 Å². The fourth-order valence-corrected chi connectivity index (χ4v) is 3.44. The highest BCUT2D eigenvalue weighted by Gasteiger charge is 2.12. The van der Waals surface area contributed by atoms with Crippen molar-refractivity contribution >= 4 is 27.5 Å². The molecule has 1 N–H and O–H groups in total. The van der Waals surface area contributed by atoms with Crippen molar-refractivity contribution < 1.29 is 9.53 Å². The van der Waals surface area contributed by atoms with E-state index < -0.39 is 0 Å². The van der Waals surface area contributed by atoms with E-state index in [1.54, 1.807) is 11.3 Å². The van der Waals surface area contributed by atoms with Crippen LogP contribution in [0, 0.1) is 6.92 Å². The Labute approximate surface area is 168 Å². The monoisotopic (exact) mass is 392 g/mol. The Morgan fingerprint density at radius 3 is 2.52 bits per heavy atom. The maximum Gasteiger partial charge on any atom is 0.253 e. The predicted octanol–water partition coefficient (Wildman–Crippen LogP) is 6.13. The molecule has 27 heavy (non-hydrogen) atoms. The molecular formula is C22H36N2O2S. The summed E-state index contributed by atoms with van der Waals surface area (Å²) in [6.45, 7) is 11.1. The molecular weight excluding hydrogens is 356 g/mol. The van der Waals surface area contributed by atoms with E-state index in [9.17, 15) is 4.79 Å². The lowest BCUT2D eigenvalue weighted by Crippen LogP contribution is -2.24. The Hall–Kier alpha value is -1.46. The summed E-state index contributed by atoms with van der Waals surface area (Å²) in [5.74, 6) is -0.00704. The van der Waals surface area contributed by atoms with Crippen molar-refractivity contribution in [2.45, 2.75) is 72.6 Å². The summed E-state index contributed by atoms with van der Waals surface area (Å²) in [6.07, 6.45) is 8.26. The average molecular weight is 393 g/mol. The molecule has 0 fully saturated rings. The average Bonchev–Trinajstić information content (AvgIpc) is 3.05. The summed E-state index contributed by atoms with van der Waals surface area (Å²) in [5.41, 5.74) is 1.52. The zero-order valence-electron chi connectivity index (χ0n) is 17.5. The molecule has 1 aromatic heterocycles. The number of carbonyl (C=O) groups is 1. The van der Waals surface area contributed by atoms with Gasteiger partial charge in [-0.15, -0.1) is 11.3 Å². The molecule has 0 aliphatic rings. The number of aromatic nitrogens is 1. The summed E-state index contributed by atoms with van der Waals surface area (Å²) in [4.78, 5) is 16.6. The Morgan fingerprint density at radius 1 is 1.04 bits per heavy atom. The van der Waals surface area contributed by atoms with Gasteiger partial charge < -0.3 is 10.1 Å². The summed E-state index contributed by atoms with van der Waals surface area (Å²) < 4.78 is 6.30. The van der Waals surface area contributed by atoms with Crippen LogP contribution in [0.2, 0.25) is 0 Å². The van der Waals surface area contributed by atoms with Crippen LogP contribution >= 0.6 is 11.3 Å². The van der Waals surface area contributed by atoms with Gasteiger partial charge in [0, 0.05) is 19.8 Å². The van der Waals surface area contributed by atoms with Gasteiger partial charge in [0.05, 0.1) is 20.8 Å². The van der Waals surface area contributed by atoms with Crippen LogP contribution < -0.4 is 5.32 Å². The van der Waals surface area contributed by atoms with E-state index in [0.29, 0.717) is 5.56 Å². The molecule has 0 radical (unpaired) electrons. The lowest BCUT2D eigenvalue weighted by molar-refractivity contribution is 0.0954. The van der Waals surface area contributed by atoms with Crippen molar-refractivity contribution in [1.29, 1.82) is 0 Å². The first-order chi connectivity index (χ1) is 13.1. The molecule has 5 heteroatoms. The third-order valence-electron chi connectivity index (χ3n) is 4.08. The predicted molar refractivity (Wildman–Crippen MR) is 117 cm³/mol. The second-order valence-corrected chi connectivity index (χ2v) is 7.90. The van der Waals surface area contributed by atoms with Gasteiger partial charge in [-0.2, -0.15) is 0 Å². The molecule has 2 rings (SSSR count). The van der Waals surface area contributed by atoms with Crippen LogP contribution in [0.4, 0.5) is 0 Å². The number of ether oxygens (including phenoxy) is 1. The number of para-hydroxylation sites is 1. The van der Waals surface area contributed by atoms with E-state index in [4.69, 9.17) is 4.74 Å². The highest BCUT2D eigenvalue weighted by molar-refractivity contribution is 7.18. The largest absolute Gasteiger partial charge is 0.381 e. The van der Waals surface area contributed by atoms with Gasteiger partial charge in [0.15, 0.2) is 0 Å². The second-order valence-electron chi connectivity index (χ2n) is 6.67. The van der Waals surface area contributed by atoms with E-state index >= 15 is 0 Å². The van der Waals surface area contributed by atoms with E-state index in [0.717, 1.165) is 47.8 Å². The Bertz CT molecular complexity index is 649. The smallest absolute Gasteiger partial charge is 0.253 e. The first-order valence-electron chi connectivity index (χ1n) is 10.4. The number of nitrogens with zero attached hydrogens (tertiary/aromatic N) is 1. The molecule has 0 bridgehead atoms. The quantitative estimate of drug-likeness (QED) is 0.468. The molecule has 0 spiro atoms. The molecule has 1 heterocycles. The van der Waals surface area contributed by atoms with Gasteiger partial charge in [0.1, 0.15) is 0 Å². The molecule has 2 aromatic rings. The number of amides is 1. The molecule has 4 nitrogen and oxygen atoms in total. The van der Waals surface area contributed by atoms with Crippen LogP contribution in [-0.2, 0) is 4.74 Å². The Morgan fingerprint density at radius 2 is 1.81 bits per heavy atom. The minimum Gasteiger partial charge on any atom is -0.381 e. The summed E-state index contributed by atoms with van der Waals surface area (Å²) >= 11 is 1.63. The Balaban J connectivity index is 0.000000387. The highest BCUT2D eigenvalue weighted by atomic mass is 32.1. The molecule has 1 amide bonds. The second kappa shape index (κ2) is 14.6. The molecule has 0 aliphatic heterocycles. The van der Waals surface area contributed by atoms with Gasteiger partial charge in [-0.1, -0.05) is 52.5 Å². The number of carbonyl (C=O) groups excluding carboxylic acids is 1. The van der Waals surface area contributed by atoms with Crippen LogP contribution in [0.25, 0.3) is 10.2 Å². The zero-order valence-corrected chi connectivity index (χ0v) is 18.3. The third-order valence-corrected chi connectivity index (χ3v) is 5.01. The summed E-state index contributed by atoms with van der Waals surface area (Å²) in [6, 6.07) is 5.78. The first kappa shape index (κ1) is 23.6. The number of hydrogen-bond acceptors (Lipinski definition) is 4. The van der Waals surface area contributed by atoms with Gasteiger partial charge in [0.25, 0.3) is 5.91 Å². The van der Waals surface area contributed by atoms with E-state index in [-0.39, 0.29) is 5.91 Å². The fraction of sp³-hybridized carbons (Fsp3) is 0.636. The fourth-order valence-electron chi connectivity index (χ4n) is 2.58. The molecule has 0 aliphatic carbocycles. The Kier molecular flexibility index (Phi) is 12.7. The molecule has 0 atom stereocenters. The van der Waals surface area contributed by atoms with Crippen molar-refractivity contribution in [1.82, 2.24) is 10.3 Å². The van der Waals surface area contributed by atoms with E-state index in [1.165, 1.54) is 32.1 Å². The van der Waals surface area contributed by atoms with Crippen LogP contribution in [0.3, 0.4) is 0 Å². The molecule has 0 saturated carbocycles. The number of nitrogens with one attached hydrogen (secondary N) is 1. The number of benzene rings is 1. The van der Waals surface area contributed by atoms with Crippen molar-refractivity contribution in [3.05, 3.63) is 28.8 Å². The molecule has 0 unspecified atom stereocenters. The van der Waals surface area contributed by atoms with Crippen molar-refractivity contribution in [3.63, 3.8) is 0 Å². The number of fused-ring (bicyclic) bond motifs is 1. The van der Waals surface area contributed by atoms with Gasteiger partial charge >= 0.3 is 0 Å². The van der Waals surface area contributed by atoms with Crippen molar-refractivity contribution in [2.24, 2.45) is 0 Å². The maximum absolute atomic E-state index is 12.2. The normalized spacial score (nSPS) is 10.5. The van der Waals surface area contributed by atoms with E-state index in [1.807, 2.05) is 25.1 Å². The van der Waals surface area contributed by atoms with Gasteiger partial charge in [-0.05, 0) is 38.3 Å². The molecule has 0 saturated heterocycles. The number of hydrogen-bond donors (Lipinski definition) is 1. The number of unbranched alkanes of at least 4 members (excludes halogenated alkanes) is 4. The standard InChI is InChI=1S/C15H20N2OS.C7H16O/c1-3-4-5-6-10-16-15(18)12-8-7-9-13-14(12)17-11(2)19-13;1-3-5-7-8-6-4-2/h7-9H,3-6,10H2,1-2H3,(H,16,18);3-7H2,1-2H3. The SMILES string of the molecule is CCCCCCNC(=O)c1cccc2sc(C)nc12.CCCCOCCC. The summed E-state index contributed by atoms with van der Waals surface area (Å²) in [7, 11) is 0. The van der Waals surface area contributed by atoms with Gasteiger partial charge in [-0.25, -0.2) is 4.98 Å². The minimum absolute atomic E-state index is 0.00704. The van der Waals surface area contributed by atoms with Crippen LogP contribution in [0.1, 0.15) is 81.1 Å². The first-order valence-corrected chi connectivity index (χ1v) is 11.2. The lowest BCUT2D eigenvalue weighted by Gasteiger charge is -2.05. The van der Waals surface area contributed by atoms with Crippen LogP contribution in [0.15, 0.2) is 18.2 Å². The lowest BCUT2D eigenvalue weighted by atomic mass is 10.1. The van der Waals surface area contributed by atoms with E-state index in [2.05, 4.69) is 31.1 Å². The molecule has 1 aromatic carbocycles. The number of rotatable bonds is 11. The van der Waals surface area contributed by atoms with Crippen LogP contribution in [0.5, 0.6) is 0 Å². The van der Waals surface area contributed by atoms with Gasteiger partial charge in [-0.3, -0.25) is 4.79 Å². The number of thiazole rings is 1. The number of aryl methyl sites for hydroxylation is 1. The summed E-state index contributed by atoms with van der Waals surface area (Å²) in [5, 5.41) is 3.98. The zero-order chi connectivity index (χ0) is 19.9. The highest BCUT2D eigenvalue weighted by Crippen LogP contribution is 2.24.